The fraction of sp³-hybridized carbons (Fsp3) is 0. The van der Waals surface area contributed by atoms with Gasteiger partial charge < -0.3 is 16.6 Å². The summed E-state index contributed by atoms with van der Waals surface area (Å²) in [5.74, 6) is 0. The average molecular weight is 209 g/mol. The molecule has 66 valence electrons. The van der Waals surface area contributed by atoms with E-state index in [2.05, 4.69) is 0 Å². The second-order valence-electron chi connectivity index (χ2n) is 2.29. The van der Waals surface area contributed by atoms with Gasteiger partial charge in [0, 0.05) is 0 Å². The fourth-order valence-corrected chi connectivity index (χ4v) is 1.25. The minimum Gasteiger partial charge on any atom is -0.560 e. The number of nitrogen functional groups attached to an aromatic ring is 2. The van der Waals surface area contributed by atoms with Crippen molar-refractivity contribution in [1.29, 1.82) is 0 Å². The van der Waals surface area contributed by atoms with Gasteiger partial charge in [-0.25, -0.2) is 8.42 Å². The van der Waals surface area contributed by atoms with Crippen LogP contribution < -0.4 is 41.0 Å². The van der Waals surface area contributed by atoms with Gasteiger partial charge in [-0.3, -0.25) is 0 Å². The van der Waals surface area contributed by atoms with Crippen LogP contribution in [-0.4, -0.2) is 8.42 Å². The van der Waals surface area contributed by atoms with Gasteiger partial charge in [0.15, 0.2) is 0 Å². The Morgan fingerprint density at radius 1 is 1.15 bits per heavy atom. The van der Waals surface area contributed by atoms with Crippen LogP contribution in [0.4, 0.5) is 11.4 Å². The monoisotopic (exact) mass is 209 g/mol. The molecule has 0 aliphatic carbocycles. The van der Waals surface area contributed by atoms with E-state index in [-0.39, 0.29) is 40.1 Å². The number of rotatable bonds is 1. The summed E-state index contributed by atoms with van der Waals surface area (Å²) in [5, 5.41) is 6.72. The Balaban J connectivity index is 0.00000144. The summed E-state index contributed by atoms with van der Waals surface area (Å²) in [6, 6.07) is 3.77. The first-order chi connectivity index (χ1) is 5.41. The van der Waals surface area contributed by atoms with Crippen molar-refractivity contribution in [1.82, 2.24) is 0 Å². The van der Waals surface area contributed by atoms with Crippen molar-refractivity contribution in [3.8, 4) is 0 Å². The van der Waals surface area contributed by atoms with E-state index < -0.39 is 10.0 Å². The molecule has 0 bridgehead atoms. The molecule has 1 rings (SSSR count). The zero-order chi connectivity index (χ0) is 9.35. The van der Waals surface area contributed by atoms with Crippen LogP contribution in [0.1, 0.15) is 0 Å². The number of anilines is 2. The molecule has 0 radical (unpaired) electrons. The molecule has 0 heterocycles. The Morgan fingerprint density at radius 3 is 2.08 bits per heavy atom. The van der Waals surface area contributed by atoms with E-state index >= 15 is 0 Å². The van der Waals surface area contributed by atoms with Crippen molar-refractivity contribution in [2.75, 3.05) is 11.5 Å². The number of sulfonamides is 1. The summed E-state index contributed by atoms with van der Waals surface area (Å²) in [6.45, 7) is 0. The SMILES string of the molecule is [NH-]S(=O)(=O)c1ccc(N)c(N)c1.[Na+]. The van der Waals surface area contributed by atoms with Crippen molar-refractivity contribution in [3.05, 3.63) is 23.3 Å². The van der Waals surface area contributed by atoms with Crippen molar-refractivity contribution < 1.29 is 38.0 Å². The number of benzene rings is 1. The largest absolute Gasteiger partial charge is 1.00 e. The zero-order valence-electron chi connectivity index (χ0n) is 7.11. The van der Waals surface area contributed by atoms with Crippen LogP contribution in [0, 0.1) is 0 Å². The van der Waals surface area contributed by atoms with Gasteiger partial charge in [0.2, 0.25) is 0 Å². The smallest absolute Gasteiger partial charge is 0.560 e. The molecule has 0 spiro atoms. The van der Waals surface area contributed by atoms with E-state index in [0.29, 0.717) is 5.69 Å². The van der Waals surface area contributed by atoms with Crippen LogP contribution in [0.3, 0.4) is 0 Å². The van der Waals surface area contributed by atoms with Crippen molar-refractivity contribution >= 4 is 21.4 Å². The fourth-order valence-electron chi connectivity index (χ4n) is 0.720. The summed E-state index contributed by atoms with van der Waals surface area (Å²) in [7, 11) is -3.93. The summed E-state index contributed by atoms with van der Waals surface area (Å²) >= 11 is 0. The zero-order valence-corrected chi connectivity index (χ0v) is 9.93. The van der Waals surface area contributed by atoms with Gasteiger partial charge in [-0.05, 0) is 18.2 Å². The molecular formula is C6H8N3NaO2S. The molecule has 13 heavy (non-hydrogen) atoms. The Morgan fingerprint density at radius 2 is 1.69 bits per heavy atom. The van der Waals surface area contributed by atoms with Gasteiger partial charge >= 0.3 is 29.6 Å². The first-order valence-corrected chi connectivity index (χ1v) is 4.54. The molecule has 0 amide bonds. The first-order valence-electron chi connectivity index (χ1n) is 3.06. The van der Waals surface area contributed by atoms with Crippen LogP contribution in [0.2, 0.25) is 0 Å². The van der Waals surface area contributed by atoms with Gasteiger partial charge in [0.05, 0.1) is 26.3 Å². The van der Waals surface area contributed by atoms with E-state index in [4.69, 9.17) is 16.6 Å². The standard InChI is InChI=1S/C6H8N3O2S.Na/c7-5-2-1-4(3-6(5)8)12(9,10)11;/h1-3H,7-8H2,(H-,9,10,11);/q-1;+1. The van der Waals surface area contributed by atoms with Gasteiger partial charge in [0.1, 0.15) is 0 Å². The number of nitrogens with two attached hydrogens (primary N) is 2. The molecule has 0 fully saturated rings. The Labute approximate surface area is 98.6 Å². The van der Waals surface area contributed by atoms with Gasteiger partial charge in [-0.1, -0.05) is 0 Å². The summed E-state index contributed by atoms with van der Waals surface area (Å²) in [5.41, 5.74) is 11.2. The second kappa shape index (κ2) is 4.30. The Hall–Kier alpha value is -0.270. The number of hydrogen-bond donors (Lipinski definition) is 2. The normalized spacial score (nSPS) is 10.5. The van der Waals surface area contributed by atoms with Crippen LogP contribution in [-0.2, 0) is 10.0 Å². The van der Waals surface area contributed by atoms with E-state index in [1.807, 2.05) is 0 Å². The second-order valence-corrected chi connectivity index (χ2v) is 3.77. The third-order valence-corrected chi connectivity index (χ3v) is 2.24. The molecule has 1 aromatic carbocycles. The van der Waals surface area contributed by atoms with E-state index in [1.165, 1.54) is 12.1 Å². The van der Waals surface area contributed by atoms with Gasteiger partial charge in [-0.2, -0.15) is 0 Å². The van der Waals surface area contributed by atoms with Crippen molar-refractivity contribution in [2.24, 2.45) is 0 Å². The Kier molecular flexibility index (Phi) is 4.21. The minimum absolute atomic E-state index is 0. The molecule has 0 atom stereocenters. The van der Waals surface area contributed by atoms with Crippen molar-refractivity contribution in [3.63, 3.8) is 0 Å². The Bertz CT molecular complexity index is 404. The third-order valence-electron chi connectivity index (χ3n) is 1.37. The predicted octanol–water partition coefficient (Wildman–Crippen LogP) is -2.40. The maximum atomic E-state index is 10.7. The molecule has 0 aliphatic heterocycles. The number of hydrogen-bond acceptors (Lipinski definition) is 4. The van der Waals surface area contributed by atoms with Crippen molar-refractivity contribution in [2.45, 2.75) is 4.90 Å². The van der Waals surface area contributed by atoms with Crippen LogP contribution >= 0.6 is 0 Å². The topological polar surface area (TPSA) is 110 Å². The first kappa shape index (κ1) is 12.7. The quantitative estimate of drug-likeness (QED) is 0.396. The minimum atomic E-state index is -3.93. The van der Waals surface area contributed by atoms with Crippen LogP contribution in [0.15, 0.2) is 23.1 Å². The number of nitrogens with one attached hydrogen (secondary N) is 1. The van der Waals surface area contributed by atoms with Gasteiger partial charge in [0.25, 0.3) is 0 Å². The van der Waals surface area contributed by atoms with Crippen LogP contribution in [0.25, 0.3) is 5.14 Å². The molecule has 5 N–H and O–H groups in total. The molecule has 1 aromatic rings. The van der Waals surface area contributed by atoms with E-state index in [1.54, 1.807) is 0 Å². The summed E-state index contributed by atoms with van der Waals surface area (Å²) in [4.78, 5) is -0.144. The maximum Gasteiger partial charge on any atom is 1.00 e. The summed E-state index contributed by atoms with van der Waals surface area (Å²) in [6.07, 6.45) is 0. The third kappa shape index (κ3) is 3.17. The molecule has 7 heteroatoms. The predicted molar refractivity (Wildman–Crippen MR) is 46.8 cm³/mol. The van der Waals surface area contributed by atoms with E-state index in [9.17, 15) is 8.42 Å². The molecule has 5 nitrogen and oxygen atoms in total. The molecule has 0 saturated heterocycles. The molecule has 0 saturated carbocycles. The summed E-state index contributed by atoms with van der Waals surface area (Å²) < 4.78 is 21.3. The average Bonchev–Trinajstić information content (AvgIpc) is 1.92. The molecular weight excluding hydrogens is 201 g/mol. The molecule has 0 unspecified atom stereocenters. The van der Waals surface area contributed by atoms with E-state index in [0.717, 1.165) is 6.07 Å². The maximum absolute atomic E-state index is 10.7. The van der Waals surface area contributed by atoms with Gasteiger partial charge in [-0.15, -0.1) is 0 Å². The van der Waals surface area contributed by atoms with Crippen LogP contribution in [0.5, 0.6) is 0 Å². The molecule has 0 aromatic heterocycles. The molecule has 0 aliphatic rings.